The normalized spacial score (nSPS) is 18.4. The average molecular weight is 334 g/mol. The van der Waals surface area contributed by atoms with Crippen LogP contribution in [0.3, 0.4) is 0 Å². The highest BCUT2D eigenvalue weighted by atomic mass is 79.9. The van der Waals surface area contributed by atoms with E-state index in [0.29, 0.717) is 18.4 Å². The Morgan fingerprint density at radius 1 is 1.44 bits per heavy atom. The fourth-order valence-electron chi connectivity index (χ4n) is 2.10. The molecule has 0 amide bonds. The minimum Gasteiger partial charge on any atom is -0.394 e. The van der Waals surface area contributed by atoms with Crippen LogP contribution in [0.1, 0.15) is 24.8 Å². The number of rotatable bonds is 4. The van der Waals surface area contributed by atoms with Crippen LogP contribution >= 0.6 is 15.9 Å². The number of aliphatic hydroxyl groups is 1. The van der Waals surface area contributed by atoms with Crippen LogP contribution in [0.2, 0.25) is 0 Å². The van der Waals surface area contributed by atoms with Gasteiger partial charge < -0.3 is 5.11 Å². The number of aryl methyl sites for hydroxylation is 1. The number of halogens is 1. The average Bonchev–Trinajstić information content (AvgIpc) is 2.27. The van der Waals surface area contributed by atoms with Crippen LogP contribution in [0.15, 0.2) is 27.6 Å². The van der Waals surface area contributed by atoms with Gasteiger partial charge in [0.05, 0.1) is 17.0 Å². The first-order chi connectivity index (χ1) is 8.38. The van der Waals surface area contributed by atoms with Gasteiger partial charge in [0, 0.05) is 4.47 Å². The Labute approximate surface area is 116 Å². The molecule has 0 atom stereocenters. The fraction of sp³-hybridized carbons (Fsp3) is 0.500. The number of hydrogen-bond acceptors (Lipinski definition) is 3. The van der Waals surface area contributed by atoms with Crippen molar-refractivity contribution in [2.45, 2.75) is 36.6 Å². The minimum atomic E-state index is -3.58. The molecule has 1 fully saturated rings. The van der Waals surface area contributed by atoms with Gasteiger partial charge in [-0.2, -0.15) is 0 Å². The topological polar surface area (TPSA) is 66.4 Å². The van der Waals surface area contributed by atoms with Gasteiger partial charge in [0.1, 0.15) is 0 Å². The predicted molar refractivity (Wildman–Crippen MR) is 72.9 cm³/mol. The molecule has 0 bridgehead atoms. The maximum atomic E-state index is 12.3. The van der Waals surface area contributed by atoms with Gasteiger partial charge in [0.2, 0.25) is 10.0 Å². The molecule has 0 radical (unpaired) electrons. The van der Waals surface area contributed by atoms with Gasteiger partial charge in [-0.25, -0.2) is 13.1 Å². The Hall–Kier alpha value is -0.430. The van der Waals surface area contributed by atoms with Gasteiger partial charge in [-0.05, 0) is 43.9 Å². The van der Waals surface area contributed by atoms with Gasteiger partial charge in [-0.3, -0.25) is 0 Å². The van der Waals surface area contributed by atoms with Gasteiger partial charge in [0.15, 0.2) is 0 Å². The summed E-state index contributed by atoms with van der Waals surface area (Å²) in [7, 11) is -3.58. The molecule has 18 heavy (non-hydrogen) atoms. The number of benzene rings is 1. The van der Waals surface area contributed by atoms with Crippen LogP contribution in [0.4, 0.5) is 0 Å². The molecule has 6 heteroatoms. The lowest BCUT2D eigenvalue weighted by Crippen LogP contribution is -2.56. The minimum absolute atomic E-state index is 0.153. The Morgan fingerprint density at radius 2 is 2.11 bits per heavy atom. The molecule has 0 aliphatic heterocycles. The van der Waals surface area contributed by atoms with E-state index >= 15 is 0 Å². The van der Waals surface area contributed by atoms with Crippen LogP contribution in [-0.2, 0) is 10.0 Å². The summed E-state index contributed by atoms with van der Waals surface area (Å²) in [5.74, 6) is 0. The third-order valence-corrected chi connectivity index (χ3v) is 5.62. The number of nitrogens with one attached hydrogen (secondary N) is 1. The van der Waals surface area contributed by atoms with Crippen LogP contribution in [0.25, 0.3) is 0 Å². The second-order valence-corrected chi connectivity index (χ2v) is 7.37. The molecular formula is C12H16BrNO3S. The molecule has 1 saturated carbocycles. The maximum Gasteiger partial charge on any atom is 0.241 e. The van der Waals surface area contributed by atoms with Gasteiger partial charge in [-0.15, -0.1) is 0 Å². The van der Waals surface area contributed by atoms with E-state index in [4.69, 9.17) is 0 Å². The molecular weight excluding hydrogens is 318 g/mol. The number of aliphatic hydroxyl groups excluding tert-OH is 1. The summed E-state index contributed by atoms with van der Waals surface area (Å²) >= 11 is 3.27. The van der Waals surface area contributed by atoms with Crippen molar-refractivity contribution in [2.24, 2.45) is 0 Å². The second-order valence-electron chi connectivity index (χ2n) is 4.81. The molecule has 2 N–H and O–H groups in total. The second kappa shape index (κ2) is 4.92. The first kappa shape index (κ1) is 14.0. The third kappa shape index (κ3) is 2.61. The number of hydrogen-bond donors (Lipinski definition) is 2. The van der Waals surface area contributed by atoms with E-state index in [1.807, 2.05) is 0 Å². The molecule has 100 valence electrons. The Kier molecular flexibility index (Phi) is 3.82. The SMILES string of the molecule is Cc1ccc(Br)cc1S(=O)(=O)NC1(CO)CCC1. The van der Waals surface area contributed by atoms with Crippen molar-refractivity contribution < 1.29 is 13.5 Å². The fourth-order valence-corrected chi connectivity index (χ4v) is 4.33. The van der Waals surface area contributed by atoms with Gasteiger partial charge in [-0.1, -0.05) is 22.0 Å². The van der Waals surface area contributed by atoms with E-state index in [0.717, 1.165) is 10.9 Å². The number of sulfonamides is 1. The van der Waals surface area contributed by atoms with Crippen molar-refractivity contribution in [3.63, 3.8) is 0 Å². The third-order valence-electron chi connectivity index (χ3n) is 3.40. The zero-order chi connectivity index (χ0) is 13.4. The molecule has 4 nitrogen and oxygen atoms in total. The van der Waals surface area contributed by atoms with Crippen molar-refractivity contribution in [2.75, 3.05) is 6.61 Å². The monoisotopic (exact) mass is 333 g/mol. The quantitative estimate of drug-likeness (QED) is 0.884. The standard InChI is InChI=1S/C12H16BrNO3S/c1-9-3-4-10(13)7-11(9)18(16,17)14-12(8-15)5-2-6-12/h3-4,7,14-15H,2,5-6,8H2,1H3. The lowest BCUT2D eigenvalue weighted by Gasteiger charge is -2.40. The first-order valence-electron chi connectivity index (χ1n) is 5.80. The lowest BCUT2D eigenvalue weighted by molar-refractivity contribution is 0.110. The van der Waals surface area contributed by atoms with E-state index < -0.39 is 15.6 Å². The van der Waals surface area contributed by atoms with Crippen LogP contribution in [-0.4, -0.2) is 25.7 Å². The molecule has 1 aliphatic carbocycles. The Bertz CT molecular complexity index is 547. The molecule has 0 heterocycles. The summed E-state index contributed by atoms with van der Waals surface area (Å²) in [5.41, 5.74) is 0.0336. The van der Waals surface area contributed by atoms with Crippen molar-refractivity contribution in [3.8, 4) is 0 Å². The summed E-state index contributed by atoms with van der Waals surface area (Å²) in [6.07, 6.45) is 2.33. The van der Waals surface area contributed by atoms with Gasteiger partial charge in [0.25, 0.3) is 0 Å². The molecule has 1 aromatic rings. The van der Waals surface area contributed by atoms with E-state index in [1.165, 1.54) is 0 Å². The van der Waals surface area contributed by atoms with Crippen LogP contribution in [0.5, 0.6) is 0 Å². The Balaban J connectivity index is 2.33. The molecule has 1 aliphatic rings. The van der Waals surface area contributed by atoms with Crippen LogP contribution in [0, 0.1) is 6.92 Å². The summed E-state index contributed by atoms with van der Waals surface area (Å²) in [5, 5.41) is 9.33. The summed E-state index contributed by atoms with van der Waals surface area (Å²) in [6, 6.07) is 5.14. The largest absolute Gasteiger partial charge is 0.394 e. The highest BCUT2D eigenvalue weighted by Gasteiger charge is 2.40. The zero-order valence-corrected chi connectivity index (χ0v) is 12.5. The van der Waals surface area contributed by atoms with E-state index in [1.54, 1.807) is 25.1 Å². The zero-order valence-electron chi connectivity index (χ0n) is 10.1. The molecule has 1 aromatic carbocycles. The lowest BCUT2D eigenvalue weighted by atomic mass is 9.78. The van der Waals surface area contributed by atoms with E-state index in [-0.39, 0.29) is 11.5 Å². The van der Waals surface area contributed by atoms with E-state index in [2.05, 4.69) is 20.7 Å². The predicted octanol–water partition coefficient (Wildman–Crippen LogP) is 1.95. The summed E-state index contributed by atoms with van der Waals surface area (Å²) in [4.78, 5) is 0.261. The van der Waals surface area contributed by atoms with Crippen molar-refractivity contribution >= 4 is 26.0 Å². The first-order valence-corrected chi connectivity index (χ1v) is 8.07. The molecule has 2 rings (SSSR count). The van der Waals surface area contributed by atoms with Gasteiger partial charge >= 0.3 is 0 Å². The summed E-state index contributed by atoms with van der Waals surface area (Å²) < 4.78 is 28.0. The molecule has 0 spiro atoms. The van der Waals surface area contributed by atoms with Crippen molar-refractivity contribution in [1.29, 1.82) is 0 Å². The molecule has 0 saturated heterocycles. The highest BCUT2D eigenvalue weighted by Crippen LogP contribution is 2.33. The smallest absolute Gasteiger partial charge is 0.241 e. The van der Waals surface area contributed by atoms with Crippen LogP contribution < -0.4 is 4.72 Å². The van der Waals surface area contributed by atoms with Crippen molar-refractivity contribution in [3.05, 3.63) is 28.2 Å². The maximum absolute atomic E-state index is 12.3. The highest BCUT2D eigenvalue weighted by molar-refractivity contribution is 9.10. The molecule has 0 unspecified atom stereocenters. The molecule has 0 aromatic heterocycles. The van der Waals surface area contributed by atoms with Crippen molar-refractivity contribution in [1.82, 2.24) is 4.72 Å². The summed E-state index contributed by atoms with van der Waals surface area (Å²) in [6.45, 7) is 1.60. The van der Waals surface area contributed by atoms with E-state index in [9.17, 15) is 13.5 Å². The Morgan fingerprint density at radius 3 is 2.61 bits per heavy atom.